The first-order valence-electron chi connectivity index (χ1n) is 5.47. The summed E-state index contributed by atoms with van der Waals surface area (Å²) in [6.07, 6.45) is 0.0435. The van der Waals surface area contributed by atoms with E-state index in [2.05, 4.69) is 4.74 Å². The molecule has 3 N–H and O–H groups in total. The minimum atomic E-state index is -1.09. The largest absolute Gasteiger partial charge is 0.491 e. The van der Waals surface area contributed by atoms with Gasteiger partial charge >= 0.3 is 13.1 Å². The van der Waals surface area contributed by atoms with Crippen LogP contribution in [0.4, 0.5) is 4.39 Å². The summed E-state index contributed by atoms with van der Waals surface area (Å²) in [5.41, 5.74) is 7.01. The fraction of sp³-hybridized carbons (Fsp3) is 0.364. The van der Waals surface area contributed by atoms with Gasteiger partial charge in [-0.25, -0.2) is 4.39 Å². The predicted octanol–water partition coefficient (Wildman–Crippen LogP) is -0.914. The van der Waals surface area contributed by atoms with Crippen molar-refractivity contribution in [1.29, 1.82) is 0 Å². The Balaban J connectivity index is 2.22. The predicted molar refractivity (Wildman–Crippen MR) is 62.5 cm³/mol. The molecule has 0 radical (unpaired) electrons. The Hall–Kier alpha value is -1.44. The molecule has 7 heteroatoms. The van der Waals surface area contributed by atoms with Crippen molar-refractivity contribution in [3.8, 4) is 0 Å². The Labute approximate surface area is 104 Å². The third-order valence-electron chi connectivity index (χ3n) is 2.91. The SMILES string of the molecule is COC(=O)[C@@H](N)Cc1cc2c(cc1F)B(O)OC2. The van der Waals surface area contributed by atoms with Crippen molar-refractivity contribution in [2.45, 2.75) is 19.1 Å². The van der Waals surface area contributed by atoms with Crippen LogP contribution in [0.5, 0.6) is 0 Å². The van der Waals surface area contributed by atoms with E-state index in [-0.39, 0.29) is 13.0 Å². The first-order valence-corrected chi connectivity index (χ1v) is 5.47. The number of carbonyl (C=O) groups excluding carboxylic acids is 1. The quantitative estimate of drug-likeness (QED) is 0.538. The molecule has 5 nitrogen and oxygen atoms in total. The zero-order chi connectivity index (χ0) is 13.3. The van der Waals surface area contributed by atoms with E-state index in [1.807, 2.05) is 0 Å². The average molecular weight is 253 g/mol. The van der Waals surface area contributed by atoms with Crippen LogP contribution < -0.4 is 11.2 Å². The molecule has 2 rings (SSSR count). The number of hydrogen-bond acceptors (Lipinski definition) is 5. The molecule has 1 aromatic rings. The zero-order valence-electron chi connectivity index (χ0n) is 9.85. The van der Waals surface area contributed by atoms with Gasteiger partial charge in [0.15, 0.2) is 0 Å². The van der Waals surface area contributed by atoms with E-state index in [0.29, 0.717) is 16.6 Å². The molecule has 0 aromatic heterocycles. The molecule has 18 heavy (non-hydrogen) atoms. The van der Waals surface area contributed by atoms with Crippen LogP contribution in [0.3, 0.4) is 0 Å². The van der Waals surface area contributed by atoms with Crippen LogP contribution in [-0.2, 0) is 27.2 Å². The fourth-order valence-electron chi connectivity index (χ4n) is 1.93. The number of ether oxygens (including phenoxy) is 1. The number of carbonyl (C=O) groups is 1. The Morgan fingerprint density at radius 2 is 2.44 bits per heavy atom. The molecule has 0 spiro atoms. The lowest BCUT2D eigenvalue weighted by molar-refractivity contribution is -0.142. The summed E-state index contributed by atoms with van der Waals surface area (Å²) in [6, 6.07) is 1.87. The van der Waals surface area contributed by atoms with Gasteiger partial charge < -0.3 is 20.1 Å². The lowest BCUT2D eigenvalue weighted by Crippen LogP contribution is -2.34. The van der Waals surface area contributed by atoms with Crippen molar-refractivity contribution in [3.63, 3.8) is 0 Å². The molecule has 0 unspecified atom stereocenters. The molecule has 0 saturated heterocycles. The van der Waals surface area contributed by atoms with Gasteiger partial charge in [-0.15, -0.1) is 0 Å². The molecule has 1 atom stereocenters. The number of halogens is 1. The molecule has 1 heterocycles. The second kappa shape index (κ2) is 5.05. The standard InChI is InChI=1S/C11H13BFNO4/c1-17-11(15)10(14)3-6-2-7-5-18-12(16)8(7)4-9(6)13/h2,4,10,16H,3,5,14H2,1H3/t10-/m0/s1. The van der Waals surface area contributed by atoms with Crippen LogP contribution in [0.2, 0.25) is 0 Å². The summed E-state index contributed by atoms with van der Waals surface area (Å²) in [7, 11) is 0.142. The van der Waals surface area contributed by atoms with Crippen LogP contribution in [0.1, 0.15) is 11.1 Å². The Morgan fingerprint density at radius 1 is 1.72 bits per heavy atom. The van der Waals surface area contributed by atoms with Crippen LogP contribution in [0, 0.1) is 5.82 Å². The van der Waals surface area contributed by atoms with Crippen molar-refractivity contribution < 1.29 is 23.6 Å². The lowest BCUT2D eigenvalue weighted by atomic mass is 9.78. The van der Waals surface area contributed by atoms with Gasteiger partial charge in [-0.1, -0.05) is 6.07 Å². The van der Waals surface area contributed by atoms with E-state index in [1.54, 1.807) is 6.07 Å². The minimum Gasteiger partial charge on any atom is -0.468 e. The van der Waals surface area contributed by atoms with E-state index >= 15 is 0 Å². The number of nitrogens with two attached hydrogens (primary N) is 1. The third kappa shape index (κ3) is 2.38. The highest BCUT2D eigenvalue weighted by atomic mass is 19.1. The van der Waals surface area contributed by atoms with Crippen LogP contribution in [0.15, 0.2) is 12.1 Å². The molecule has 96 valence electrons. The molecule has 0 amide bonds. The van der Waals surface area contributed by atoms with E-state index in [4.69, 9.17) is 10.4 Å². The molecule has 1 aliphatic heterocycles. The second-order valence-electron chi connectivity index (χ2n) is 4.14. The van der Waals surface area contributed by atoms with Gasteiger partial charge in [-0.05, 0) is 22.7 Å². The van der Waals surface area contributed by atoms with Crippen LogP contribution in [0.25, 0.3) is 0 Å². The van der Waals surface area contributed by atoms with Crippen LogP contribution >= 0.6 is 0 Å². The number of hydrogen-bond donors (Lipinski definition) is 2. The van der Waals surface area contributed by atoms with Crippen molar-refractivity contribution in [2.24, 2.45) is 5.73 Å². The summed E-state index contributed by atoms with van der Waals surface area (Å²) in [5, 5.41) is 9.42. The molecule has 0 saturated carbocycles. The first-order chi connectivity index (χ1) is 8.52. The Morgan fingerprint density at radius 3 is 3.11 bits per heavy atom. The molecule has 0 aliphatic carbocycles. The number of rotatable bonds is 3. The summed E-state index contributed by atoms with van der Waals surface area (Å²) >= 11 is 0. The van der Waals surface area contributed by atoms with E-state index in [1.165, 1.54) is 13.2 Å². The number of fused-ring (bicyclic) bond motifs is 1. The summed E-state index contributed by atoms with van der Waals surface area (Å²) in [5.74, 6) is -1.11. The van der Waals surface area contributed by atoms with Gasteiger partial charge in [0.2, 0.25) is 0 Å². The summed E-state index contributed by atoms with van der Waals surface area (Å²) < 4.78 is 23.2. The zero-order valence-corrected chi connectivity index (χ0v) is 9.85. The number of benzene rings is 1. The first kappa shape index (κ1) is 13.0. The summed E-state index contributed by atoms with van der Waals surface area (Å²) in [4.78, 5) is 11.2. The van der Waals surface area contributed by atoms with Crippen molar-refractivity contribution in [2.75, 3.05) is 7.11 Å². The van der Waals surface area contributed by atoms with Crippen molar-refractivity contribution >= 4 is 18.6 Å². The lowest BCUT2D eigenvalue weighted by Gasteiger charge is -2.11. The van der Waals surface area contributed by atoms with Gasteiger partial charge in [0.05, 0.1) is 13.7 Å². The maximum Gasteiger partial charge on any atom is 0.491 e. The normalized spacial score (nSPS) is 15.4. The van der Waals surface area contributed by atoms with E-state index in [0.717, 1.165) is 0 Å². The maximum atomic E-state index is 13.8. The second-order valence-corrected chi connectivity index (χ2v) is 4.14. The average Bonchev–Trinajstić information content (AvgIpc) is 2.70. The smallest absolute Gasteiger partial charge is 0.468 e. The highest BCUT2D eigenvalue weighted by molar-refractivity contribution is 6.61. The Bertz CT molecular complexity index is 482. The minimum absolute atomic E-state index is 0.0435. The highest BCUT2D eigenvalue weighted by Crippen LogP contribution is 2.16. The maximum absolute atomic E-state index is 13.8. The summed E-state index contributed by atoms with van der Waals surface area (Å²) in [6.45, 7) is 0.219. The van der Waals surface area contributed by atoms with Gasteiger partial charge in [0, 0.05) is 6.42 Å². The molecule has 1 aromatic carbocycles. The van der Waals surface area contributed by atoms with Gasteiger partial charge in [0.25, 0.3) is 0 Å². The monoisotopic (exact) mass is 253 g/mol. The number of esters is 1. The van der Waals surface area contributed by atoms with Crippen molar-refractivity contribution in [3.05, 3.63) is 29.1 Å². The van der Waals surface area contributed by atoms with Gasteiger partial charge in [-0.2, -0.15) is 0 Å². The molecular weight excluding hydrogens is 240 g/mol. The third-order valence-corrected chi connectivity index (χ3v) is 2.91. The Kier molecular flexibility index (Phi) is 3.65. The topological polar surface area (TPSA) is 81.8 Å². The fourth-order valence-corrected chi connectivity index (χ4v) is 1.93. The van der Waals surface area contributed by atoms with Gasteiger partial charge in [0.1, 0.15) is 11.9 Å². The number of methoxy groups -OCH3 is 1. The van der Waals surface area contributed by atoms with Crippen LogP contribution in [-0.4, -0.2) is 31.3 Å². The molecule has 1 aliphatic rings. The molecule has 0 fully saturated rings. The van der Waals surface area contributed by atoms with E-state index in [9.17, 15) is 14.2 Å². The van der Waals surface area contributed by atoms with Gasteiger partial charge in [-0.3, -0.25) is 4.79 Å². The molecule has 0 bridgehead atoms. The van der Waals surface area contributed by atoms with Crippen molar-refractivity contribution in [1.82, 2.24) is 0 Å². The van der Waals surface area contributed by atoms with E-state index < -0.39 is 24.9 Å². The molecular formula is C11H13BFNO4. The highest BCUT2D eigenvalue weighted by Gasteiger charge is 2.29.